The van der Waals surface area contributed by atoms with Gasteiger partial charge in [-0.1, -0.05) is 18.2 Å². The summed E-state index contributed by atoms with van der Waals surface area (Å²) in [5.41, 5.74) is 0.632. The maximum Gasteiger partial charge on any atom is 0.251 e. The lowest BCUT2D eigenvalue weighted by atomic mass is 10.2. The molecule has 0 bridgehead atoms. The van der Waals surface area contributed by atoms with Crippen molar-refractivity contribution in [2.45, 2.75) is 5.25 Å². The van der Waals surface area contributed by atoms with Crippen LogP contribution in [0.5, 0.6) is 0 Å². The normalized spacial score (nSPS) is 17.3. The highest BCUT2D eigenvalue weighted by Gasteiger charge is 2.23. The smallest absolute Gasteiger partial charge is 0.251 e. The fourth-order valence-electron chi connectivity index (χ4n) is 1.25. The fraction of sp³-hybridized carbons (Fsp3) is 0.333. The first kappa shape index (κ1) is 12.4. The van der Waals surface area contributed by atoms with Crippen LogP contribution in [0.25, 0.3) is 0 Å². The molecule has 0 aliphatic carbocycles. The Morgan fingerprint density at radius 1 is 1.47 bits per heavy atom. The molecule has 0 unspecified atom stereocenters. The predicted octanol–water partition coefficient (Wildman–Crippen LogP) is 1.88. The molecular formula is C12H13NO2S2. The minimum Gasteiger partial charge on any atom is -0.484 e. The minimum absolute atomic E-state index is 0.127. The largest absolute Gasteiger partial charge is 0.484 e. The van der Waals surface area contributed by atoms with Crippen LogP contribution in [0.3, 0.4) is 0 Å². The monoisotopic (exact) mass is 267 g/mol. The van der Waals surface area contributed by atoms with Gasteiger partial charge in [-0.15, -0.1) is 0 Å². The molecule has 3 nitrogen and oxygen atoms in total. The molecule has 2 rings (SSSR count). The van der Waals surface area contributed by atoms with E-state index in [4.69, 9.17) is 17.0 Å². The van der Waals surface area contributed by atoms with E-state index in [1.807, 2.05) is 30.0 Å². The highest BCUT2D eigenvalue weighted by Crippen LogP contribution is 2.29. The summed E-state index contributed by atoms with van der Waals surface area (Å²) in [4.78, 5) is 11.7. The molecular weight excluding hydrogens is 254 g/mol. The molecule has 0 saturated carbocycles. The van der Waals surface area contributed by atoms with Gasteiger partial charge in [0, 0.05) is 16.6 Å². The van der Waals surface area contributed by atoms with Crippen LogP contribution in [0.2, 0.25) is 0 Å². The molecule has 1 N–H and O–H groups in total. The number of carbonyl (C=O) groups is 1. The molecule has 17 heavy (non-hydrogen) atoms. The lowest BCUT2D eigenvalue weighted by molar-refractivity contribution is 0.0957. The molecule has 5 heteroatoms. The van der Waals surface area contributed by atoms with Gasteiger partial charge in [0.25, 0.3) is 5.91 Å². The van der Waals surface area contributed by atoms with Crippen LogP contribution in [0, 0.1) is 0 Å². The van der Waals surface area contributed by atoms with Crippen LogP contribution in [-0.2, 0) is 4.74 Å². The van der Waals surface area contributed by atoms with Crippen molar-refractivity contribution in [2.24, 2.45) is 0 Å². The highest BCUT2D eigenvalue weighted by molar-refractivity contribution is 8.06. The summed E-state index contributed by atoms with van der Waals surface area (Å²) in [5.74, 6) is 1.02. The Bertz CT molecular complexity index is 404. The van der Waals surface area contributed by atoms with E-state index in [-0.39, 0.29) is 5.91 Å². The van der Waals surface area contributed by atoms with E-state index in [2.05, 4.69) is 5.32 Å². The molecule has 1 aromatic rings. The number of carbonyl (C=O) groups excluding carboxylic acids is 1. The van der Waals surface area contributed by atoms with E-state index < -0.39 is 0 Å². The molecule has 1 fully saturated rings. The molecule has 1 aliphatic heterocycles. The number of benzene rings is 1. The fourth-order valence-corrected chi connectivity index (χ4v) is 1.78. The first-order valence-corrected chi connectivity index (χ1v) is 6.82. The number of thioether (sulfide) groups is 1. The average Bonchev–Trinajstić information content (AvgIpc) is 3.18. The van der Waals surface area contributed by atoms with E-state index in [1.165, 1.54) is 0 Å². The summed E-state index contributed by atoms with van der Waals surface area (Å²) in [6, 6.07) is 9.06. The predicted molar refractivity (Wildman–Crippen MR) is 73.6 cm³/mol. The number of thiocarbonyl (C=S) groups is 1. The second kappa shape index (κ2) is 6.02. The lowest BCUT2D eigenvalue weighted by Gasteiger charge is -2.07. The Labute approximate surface area is 110 Å². The van der Waals surface area contributed by atoms with Gasteiger partial charge in [-0.2, -0.15) is 11.8 Å². The maximum atomic E-state index is 11.7. The zero-order valence-electron chi connectivity index (χ0n) is 9.22. The first-order valence-electron chi connectivity index (χ1n) is 5.36. The van der Waals surface area contributed by atoms with Gasteiger partial charge < -0.3 is 10.1 Å². The van der Waals surface area contributed by atoms with Gasteiger partial charge in [0.15, 0.2) is 5.05 Å². The van der Waals surface area contributed by atoms with E-state index in [0.717, 1.165) is 5.75 Å². The quantitative estimate of drug-likeness (QED) is 0.653. The van der Waals surface area contributed by atoms with Crippen molar-refractivity contribution in [2.75, 3.05) is 18.9 Å². The van der Waals surface area contributed by atoms with Crippen LogP contribution in [0.1, 0.15) is 10.4 Å². The van der Waals surface area contributed by atoms with Gasteiger partial charge in [-0.3, -0.25) is 4.79 Å². The Hall–Kier alpha value is -1.07. The van der Waals surface area contributed by atoms with E-state index in [1.54, 1.807) is 12.1 Å². The van der Waals surface area contributed by atoms with Crippen LogP contribution in [-0.4, -0.2) is 35.1 Å². The average molecular weight is 267 g/mol. The topological polar surface area (TPSA) is 38.3 Å². The summed E-state index contributed by atoms with van der Waals surface area (Å²) in [6.07, 6.45) is 0. The third-order valence-corrected chi connectivity index (χ3v) is 3.46. The van der Waals surface area contributed by atoms with Crippen molar-refractivity contribution < 1.29 is 9.53 Å². The van der Waals surface area contributed by atoms with Crippen molar-refractivity contribution in [1.82, 2.24) is 5.32 Å². The van der Waals surface area contributed by atoms with E-state index >= 15 is 0 Å². The second-order valence-electron chi connectivity index (χ2n) is 3.69. The Morgan fingerprint density at radius 3 is 2.82 bits per heavy atom. The molecule has 1 aromatic carbocycles. The summed E-state index contributed by atoms with van der Waals surface area (Å²) < 4.78 is 5.35. The van der Waals surface area contributed by atoms with Crippen molar-refractivity contribution >= 4 is 34.9 Å². The van der Waals surface area contributed by atoms with Crippen LogP contribution < -0.4 is 5.32 Å². The summed E-state index contributed by atoms with van der Waals surface area (Å²) in [5, 5.41) is 3.77. The molecule has 90 valence electrons. The van der Waals surface area contributed by atoms with Crippen molar-refractivity contribution in [3.05, 3.63) is 35.9 Å². The van der Waals surface area contributed by atoms with Crippen molar-refractivity contribution in [1.29, 1.82) is 0 Å². The third kappa shape index (κ3) is 4.36. The molecule has 0 spiro atoms. The minimum atomic E-state index is -0.127. The van der Waals surface area contributed by atoms with Gasteiger partial charge in [0.05, 0.1) is 6.54 Å². The molecule has 0 aromatic heterocycles. The van der Waals surface area contributed by atoms with E-state index in [0.29, 0.717) is 29.0 Å². The third-order valence-electron chi connectivity index (χ3n) is 2.26. The maximum absolute atomic E-state index is 11.7. The number of hydrogen-bond donors (Lipinski definition) is 1. The zero-order valence-corrected chi connectivity index (χ0v) is 10.9. The van der Waals surface area contributed by atoms with Crippen LogP contribution >= 0.6 is 24.0 Å². The zero-order chi connectivity index (χ0) is 12.1. The van der Waals surface area contributed by atoms with Gasteiger partial charge in [-0.25, -0.2) is 0 Å². The van der Waals surface area contributed by atoms with Gasteiger partial charge >= 0.3 is 0 Å². The molecule has 1 aliphatic rings. The van der Waals surface area contributed by atoms with Crippen LogP contribution in [0.15, 0.2) is 30.3 Å². The SMILES string of the molecule is O=C(NCC(=S)OC[C@H]1CS1)c1ccccc1. The molecule has 1 heterocycles. The number of nitrogens with one attached hydrogen (secondary N) is 1. The molecule has 1 saturated heterocycles. The standard InChI is InChI=1S/C12H13NO2S2/c14-12(9-4-2-1-3-5-9)13-6-11(16)15-7-10-8-17-10/h1-5,10H,6-8H2,(H,13,14)/t10-/m0/s1. The Balaban J connectivity index is 1.70. The Kier molecular flexibility index (Phi) is 4.39. The second-order valence-corrected chi connectivity index (χ2v) is 5.48. The number of ether oxygens (including phenoxy) is 1. The van der Waals surface area contributed by atoms with Crippen molar-refractivity contribution in [3.8, 4) is 0 Å². The molecule has 1 atom stereocenters. The lowest BCUT2D eigenvalue weighted by Crippen LogP contribution is -2.30. The summed E-state index contributed by atoms with van der Waals surface area (Å²) in [7, 11) is 0. The van der Waals surface area contributed by atoms with Crippen molar-refractivity contribution in [3.63, 3.8) is 0 Å². The first-order chi connectivity index (χ1) is 8.25. The van der Waals surface area contributed by atoms with Gasteiger partial charge in [0.2, 0.25) is 0 Å². The van der Waals surface area contributed by atoms with Gasteiger partial charge in [-0.05, 0) is 24.4 Å². The number of hydrogen-bond acceptors (Lipinski definition) is 4. The Morgan fingerprint density at radius 2 is 2.18 bits per heavy atom. The number of rotatable bonds is 5. The van der Waals surface area contributed by atoms with E-state index in [9.17, 15) is 4.79 Å². The summed E-state index contributed by atoms with van der Waals surface area (Å²) >= 11 is 6.88. The molecule has 0 radical (unpaired) electrons. The number of amides is 1. The molecule has 1 amide bonds. The van der Waals surface area contributed by atoms with Crippen LogP contribution in [0.4, 0.5) is 0 Å². The highest BCUT2D eigenvalue weighted by atomic mass is 32.2. The van der Waals surface area contributed by atoms with Gasteiger partial charge in [0.1, 0.15) is 6.61 Å². The summed E-state index contributed by atoms with van der Waals surface area (Å²) in [6.45, 7) is 0.950.